The van der Waals surface area contributed by atoms with Gasteiger partial charge in [-0.15, -0.1) is 0 Å². The van der Waals surface area contributed by atoms with E-state index in [2.05, 4.69) is 40.3 Å². The van der Waals surface area contributed by atoms with Crippen LogP contribution >= 0.6 is 28.1 Å². The lowest BCUT2D eigenvalue weighted by molar-refractivity contribution is 1.45. The Morgan fingerprint density at radius 1 is 1.17 bits per heavy atom. The lowest BCUT2D eigenvalue weighted by Gasteiger charge is -2.10. The molecule has 4 heteroatoms. The minimum atomic E-state index is 0.401. The largest absolute Gasteiger partial charge is 0.389 e. The van der Waals surface area contributed by atoms with Crippen molar-refractivity contribution in [2.45, 2.75) is 6.92 Å². The highest BCUT2D eigenvalue weighted by Crippen LogP contribution is 2.27. The van der Waals surface area contributed by atoms with Gasteiger partial charge in [0.1, 0.15) is 4.99 Å². The zero-order valence-corrected chi connectivity index (χ0v) is 12.3. The van der Waals surface area contributed by atoms with Gasteiger partial charge < -0.3 is 11.1 Å². The van der Waals surface area contributed by atoms with Crippen molar-refractivity contribution in [3.05, 3.63) is 58.1 Å². The molecule has 0 saturated heterocycles. The summed E-state index contributed by atoms with van der Waals surface area (Å²) in [5.41, 5.74) is 9.72. The Labute approximate surface area is 120 Å². The van der Waals surface area contributed by atoms with Gasteiger partial charge in [0.25, 0.3) is 0 Å². The Hall–Kier alpha value is -1.39. The van der Waals surface area contributed by atoms with E-state index in [1.165, 1.54) is 5.56 Å². The molecule has 0 fully saturated rings. The average Bonchev–Trinajstić information content (AvgIpc) is 2.34. The Kier molecular flexibility index (Phi) is 3.99. The molecule has 2 rings (SSSR count). The molecule has 0 unspecified atom stereocenters. The fourth-order valence-corrected chi connectivity index (χ4v) is 2.17. The van der Waals surface area contributed by atoms with Crippen molar-refractivity contribution in [2.75, 3.05) is 5.32 Å². The van der Waals surface area contributed by atoms with E-state index < -0.39 is 0 Å². The molecule has 0 saturated carbocycles. The Morgan fingerprint density at radius 2 is 1.83 bits per heavy atom. The van der Waals surface area contributed by atoms with Gasteiger partial charge in [-0.2, -0.15) is 0 Å². The van der Waals surface area contributed by atoms with Crippen molar-refractivity contribution < 1.29 is 0 Å². The summed E-state index contributed by atoms with van der Waals surface area (Å²) in [4.78, 5) is 0.401. The van der Waals surface area contributed by atoms with Crippen molar-refractivity contribution in [2.24, 2.45) is 5.73 Å². The molecule has 0 amide bonds. The van der Waals surface area contributed by atoms with E-state index in [9.17, 15) is 0 Å². The monoisotopic (exact) mass is 320 g/mol. The van der Waals surface area contributed by atoms with Crippen LogP contribution in [0, 0.1) is 6.92 Å². The van der Waals surface area contributed by atoms with Crippen LogP contribution in [-0.2, 0) is 0 Å². The van der Waals surface area contributed by atoms with E-state index in [1.54, 1.807) is 0 Å². The van der Waals surface area contributed by atoms with E-state index in [0.717, 1.165) is 21.4 Å². The zero-order chi connectivity index (χ0) is 13.1. The maximum Gasteiger partial charge on any atom is 0.104 e. The van der Waals surface area contributed by atoms with E-state index in [-0.39, 0.29) is 0 Å². The van der Waals surface area contributed by atoms with Crippen LogP contribution in [0.5, 0.6) is 0 Å². The number of anilines is 2. The van der Waals surface area contributed by atoms with Crippen LogP contribution in [0.4, 0.5) is 11.4 Å². The minimum absolute atomic E-state index is 0.401. The molecule has 0 atom stereocenters. The minimum Gasteiger partial charge on any atom is -0.389 e. The van der Waals surface area contributed by atoms with Gasteiger partial charge in [0.15, 0.2) is 0 Å². The van der Waals surface area contributed by atoms with Gasteiger partial charge in [0, 0.05) is 15.7 Å². The molecule has 0 aliphatic rings. The molecular weight excluding hydrogens is 308 g/mol. The predicted octanol–water partition coefficient (Wildman–Crippen LogP) is 4.14. The summed E-state index contributed by atoms with van der Waals surface area (Å²) in [6, 6.07) is 14.0. The highest BCUT2D eigenvalue weighted by Gasteiger charge is 2.03. The van der Waals surface area contributed by atoms with E-state index in [4.69, 9.17) is 18.0 Å². The highest BCUT2D eigenvalue weighted by molar-refractivity contribution is 9.10. The van der Waals surface area contributed by atoms with Gasteiger partial charge >= 0.3 is 0 Å². The van der Waals surface area contributed by atoms with Crippen molar-refractivity contribution in [3.8, 4) is 0 Å². The fraction of sp³-hybridized carbons (Fsp3) is 0.0714. The molecule has 3 N–H and O–H groups in total. The third kappa shape index (κ3) is 3.09. The van der Waals surface area contributed by atoms with E-state index >= 15 is 0 Å². The van der Waals surface area contributed by atoms with Crippen LogP contribution in [-0.4, -0.2) is 4.99 Å². The second-order valence-electron chi connectivity index (χ2n) is 4.05. The van der Waals surface area contributed by atoms with Gasteiger partial charge in [-0.05, 0) is 53.2 Å². The number of benzene rings is 2. The van der Waals surface area contributed by atoms with Crippen molar-refractivity contribution in [1.29, 1.82) is 0 Å². The summed E-state index contributed by atoms with van der Waals surface area (Å²) in [6.07, 6.45) is 0. The first kappa shape index (κ1) is 13.1. The molecule has 2 aromatic carbocycles. The number of rotatable bonds is 3. The Morgan fingerprint density at radius 3 is 2.39 bits per heavy atom. The number of thiocarbonyl (C=S) groups is 1. The average molecular weight is 321 g/mol. The first-order valence-electron chi connectivity index (χ1n) is 5.49. The van der Waals surface area contributed by atoms with Gasteiger partial charge in [0.2, 0.25) is 0 Å². The summed E-state index contributed by atoms with van der Waals surface area (Å²) >= 11 is 8.46. The summed E-state index contributed by atoms with van der Waals surface area (Å²) < 4.78 is 0.938. The number of hydrogen-bond acceptors (Lipinski definition) is 2. The second-order valence-corrected chi connectivity index (χ2v) is 5.34. The first-order valence-corrected chi connectivity index (χ1v) is 6.69. The lowest BCUT2D eigenvalue weighted by atomic mass is 10.2. The van der Waals surface area contributed by atoms with Gasteiger partial charge in [0.05, 0.1) is 5.69 Å². The molecule has 2 aromatic rings. The number of nitrogens with two attached hydrogens (primary N) is 1. The zero-order valence-electron chi connectivity index (χ0n) is 9.91. The highest BCUT2D eigenvalue weighted by atomic mass is 79.9. The van der Waals surface area contributed by atoms with E-state index in [1.807, 2.05) is 30.3 Å². The quantitative estimate of drug-likeness (QED) is 0.835. The van der Waals surface area contributed by atoms with Gasteiger partial charge in [-0.1, -0.05) is 29.9 Å². The van der Waals surface area contributed by atoms with E-state index in [0.29, 0.717) is 4.99 Å². The van der Waals surface area contributed by atoms with Gasteiger partial charge in [-0.3, -0.25) is 0 Å². The molecule has 92 valence electrons. The predicted molar refractivity (Wildman–Crippen MR) is 84.5 cm³/mol. The first-order chi connectivity index (χ1) is 8.56. The molecule has 0 bridgehead atoms. The normalized spacial score (nSPS) is 10.1. The topological polar surface area (TPSA) is 38.0 Å². The van der Waals surface area contributed by atoms with Crippen molar-refractivity contribution >= 4 is 44.5 Å². The van der Waals surface area contributed by atoms with Crippen LogP contribution in [0.25, 0.3) is 0 Å². The maximum absolute atomic E-state index is 5.59. The maximum atomic E-state index is 5.59. The van der Waals surface area contributed by atoms with Crippen molar-refractivity contribution in [3.63, 3.8) is 0 Å². The smallest absolute Gasteiger partial charge is 0.104 e. The summed E-state index contributed by atoms with van der Waals surface area (Å²) in [5.74, 6) is 0. The van der Waals surface area contributed by atoms with Crippen LogP contribution in [0.1, 0.15) is 11.1 Å². The molecule has 0 aromatic heterocycles. The standard InChI is InChI=1S/C14H13BrN2S/c1-9-2-5-11(6-3-9)17-13-7-4-10(14(16)18)8-12(13)15/h2-8,17H,1H3,(H2,16,18). The van der Waals surface area contributed by atoms with Gasteiger partial charge in [-0.25, -0.2) is 0 Å². The summed E-state index contributed by atoms with van der Waals surface area (Å²) in [7, 11) is 0. The molecule has 0 aliphatic heterocycles. The molecular formula is C14H13BrN2S. The SMILES string of the molecule is Cc1ccc(Nc2ccc(C(N)=S)cc2Br)cc1. The molecule has 0 spiro atoms. The van der Waals surface area contributed by atoms with Crippen LogP contribution in [0.2, 0.25) is 0 Å². The third-order valence-electron chi connectivity index (χ3n) is 2.58. The van der Waals surface area contributed by atoms with Crippen molar-refractivity contribution in [1.82, 2.24) is 0 Å². The van der Waals surface area contributed by atoms with Crippen LogP contribution in [0.3, 0.4) is 0 Å². The lowest BCUT2D eigenvalue weighted by Crippen LogP contribution is -2.09. The molecule has 2 nitrogen and oxygen atoms in total. The molecule has 18 heavy (non-hydrogen) atoms. The van der Waals surface area contributed by atoms with Crippen LogP contribution in [0.15, 0.2) is 46.9 Å². The fourth-order valence-electron chi connectivity index (χ4n) is 1.56. The number of hydrogen-bond donors (Lipinski definition) is 2. The Balaban J connectivity index is 2.24. The third-order valence-corrected chi connectivity index (χ3v) is 3.48. The summed E-state index contributed by atoms with van der Waals surface area (Å²) in [6.45, 7) is 2.07. The molecule has 0 heterocycles. The van der Waals surface area contributed by atoms with Crippen LogP contribution < -0.4 is 11.1 Å². The Bertz CT molecular complexity index is 579. The number of nitrogens with one attached hydrogen (secondary N) is 1. The molecule has 0 aliphatic carbocycles. The summed E-state index contributed by atoms with van der Waals surface area (Å²) in [5, 5.41) is 3.33. The molecule has 0 radical (unpaired) electrons. The number of aryl methyl sites for hydroxylation is 1. The second kappa shape index (κ2) is 5.50. The number of halogens is 1.